The lowest BCUT2D eigenvalue weighted by Gasteiger charge is -2.29. The van der Waals surface area contributed by atoms with Crippen LogP contribution in [0.5, 0.6) is 0 Å². The molecule has 13 rings (SSSR count). The quantitative estimate of drug-likeness (QED) is 0.152. The number of anilines is 3. The molecule has 0 aliphatic heterocycles. The molecule has 0 bridgehead atoms. The van der Waals surface area contributed by atoms with Crippen molar-refractivity contribution < 1.29 is 0 Å². The second-order valence-electron chi connectivity index (χ2n) is 17.7. The van der Waals surface area contributed by atoms with Crippen molar-refractivity contribution in [2.75, 3.05) is 4.90 Å². The molecular weight excluding hydrogens is 761 g/mol. The molecule has 0 unspecified atom stereocenters. The SMILES string of the molecule is CC1(C)c2ccccc2-c2c(N(c3ccc(-c4ccc5c(c4)c4ccccc4n5-c4ccccc4)cc3)c3cccc(-c4cc5ccc6cccc7ccc(c4)c5c67)c3)cccc21. The van der Waals surface area contributed by atoms with E-state index in [2.05, 4.69) is 242 Å². The van der Waals surface area contributed by atoms with Crippen molar-refractivity contribution in [1.82, 2.24) is 4.57 Å². The number of rotatable bonds is 6. The van der Waals surface area contributed by atoms with Crippen LogP contribution in [0.1, 0.15) is 25.0 Å². The maximum atomic E-state index is 2.48. The molecule has 1 aromatic heterocycles. The molecule has 0 radical (unpaired) electrons. The molecule has 1 aliphatic rings. The summed E-state index contributed by atoms with van der Waals surface area (Å²) in [4.78, 5) is 2.48. The number of nitrogens with zero attached hydrogens (tertiary/aromatic N) is 2. The zero-order chi connectivity index (χ0) is 41.8. The van der Waals surface area contributed by atoms with E-state index in [9.17, 15) is 0 Å². The van der Waals surface area contributed by atoms with Crippen LogP contribution in [-0.4, -0.2) is 4.57 Å². The number of benzene rings is 11. The normalized spacial score (nSPS) is 13.0. The minimum atomic E-state index is -0.119. The third kappa shape index (κ3) is 5.38. The van der Waals surface area contributed by atoms with E-state index >= 15 is 0 Å². The molecule has 1 heterocycles. The molecule has 63 heavy (non-hydrogen) atoms. The Morgan fingerprint density at radius 1 is 0.381 bits per heavy atom. The van der Waals surface area contributed by atoms with Gasteiger partial charge in [-0.2, -0.15) is 0 Å². The standard InChI is InChI=1S/C61H42N2/c1-61(2)53-21-8-6-20-51(53)60-54(61)22-12-24-57(60)62(49-18-11-15-42(37-49)46-35-44-27-25-40-13-10-14-41-26-28-45(36-46)59(44)58(40)41)48-32-29-39(30-33-48)43-31-34-56-52(38-43)50-19-7-9-23-55(50)63(56)47-16-4-3-5-17-47/h3-38H,1-2H3. The molecule has 0 N–H and O–H groups in total. The van der Waals surface area contributed by atoms with Crippen LogP contribution >= 0.6 is 0 Å². The Bertz CT molecular complexity index is 3690. The highest BCUT2D eigenvalue weighted by molar-refractivity contribution is 6.23. The molecule has 1 aliphatic carbocycles. The maximum Gasteiger partial charge on any atom is 0.0543 e. The van der Waals surface area contributed by atoms with Gasteiger partial charge in [0, 0.05) is 38.8 Å². The Hall–Kier alpha value is -7.94. The van der Waals surface area contributed by atoms with E-state index in [4.69, 9.17) is 0 Å². The lowest BCUT2D eigenvalue weighted by atomic mass is 9.82. The minimum absolute atomic E-state index is 0.119. The van der Waals surface area contributed by atoms with Gasteiger partial charge in [-0.25, -0.2) is 0 Å². The predicted molar refractivity (Wildman–Crippen MR) is 268 cm³/mol. The number of para-hydroxylation sites is 2. The van der Waals surface area contributed by atoms with Crippen LogP contribution < -0.4 is 4.90 Å². The number of hydrogen-bond acceptors (Lipinski definition) is 1. The van der Waals surface area contributed by atoms with Crippen LogP contribution in [0.2, 0.25) is 0 Å². The maximum absolute atomic E-state index is 2.48. The van der Waals surface area contributed by atoms with Gasteiger partial charge in [0.2, 0.25) is 0 Å². The van der Waals surface area contributed by atoms with Crippen molar-refractivity contribution in [3.05, 3.63) is 230 Å². The fourth-order valence-corrected chi connectivity index (χ4v) is 10.9. The summed E-state index contributed by atoms with van der Waals surface area (Å²) in [5.74, 6) is 0. The van der Waals surface area contributed by atoms with Crippen LogP contribution in [0.4, 0.5) is 17.1 Å². The third-order valence-corrected chi connectivity index (χ3v) is 13.9. The van der Waals surface area contributed by atoms with Crippen LogP contribution in [0.3, 0.4) is 0 Å². The lowest BCUT2D eigenvalue weighted by molar-refractivity contribution is 0.660. The minimum Gasteiger partial charge on any atom is -0.310 e. The molecule has 0 saturated heterocycles. The summed E-state index contributed by atoms with van der Waals surface area (Å²) in [5, 5.41) is 10.3. The van der Waals surface area contributed by atoms with Gasteiger partial charge in [0.05, 0.1) is 16.7 Å². The number of aromatic nitrogens is 1. The van der Waals surface area contributed by atoms with Crippen LogP contribution in [0.25, 0.3) is 93.2 Å². The van der Waals surface area contributed by atoms with E-state index in [1.165, 1.54) is 110 Å². The summed E-state index contributed by atoms with van der Waals surface area (Å²) < 4.78 is 2.38. The molecule has 0 saturated carbocycles. The van der Waals surface area contributed by atoms with E-state index in [1.54, 1.807) is 0 Å². The molecule has 2 nitrogen and oxygen atoms in total. The van der Waals surface area contributed by atoms with Gasteiger partial charge in [-0.15, -0.1) is 0 Å². The molecule has 0 amide bonds. The van der Waals surface area contributed by atoms with Gasteiger partial charge in [0.1, 0.15) is 0 Å². The van der Waals surface area contributed by atoms with E-state index in [0.717, 1.165) is 11.4 Å². The molecular formula is C61H42N2. The summed E-state index contributed by atoms with van der Waals surface area (Å²) in [6.45, 7) is 4.73. The van der Waals surface area contributed by atoms with Crippen molar-refractivity contribution in [3.8, 4) is 39.1 Å². The van der Waals surface area contributed by atoms with Gasteiger partial charge in [-0.3, -0.25) is 0 Å². The van der Waals surface area contributed by atoms with Gasteiger partial charge in [-0.05, 0) is 144 Å². The van der Waals surface area contributed by atoms with E-state index in [0.29, 0.717) is 0 Å². The molecule has 0 fully saturated rings. The van der Waals surface area contributed by atoms with Gasteiger partial charge >= 0.3 is 0 Å². The fourth-order valence-electron chi connectivity index (χ4n) is 10.9. The number of fused-ring (bicyclic) bond motifs is 6. The highest BCUT2D eigenvalue weighted by atomic mass is 15.1. The summed E-state index contributed by atoms with van der Waals surface area (Å²) in [7, 11) is 0. The molecule has 0 spiro atoms. The second-order valence-corrected chi connectivity index (χ2v) is 17.7. The van der Waals surface area contributed by atoms with E-state index < -0.39 is 0 Å². The summed E-state index contributed by atoms with van der Waals surface area (Å²) in [6, 6.07) is 81.0. The van der Waals surface area contributed by atoms with E-state index in [1.807, 2.05) is 0 Å². The molecule has 2 heteroatoms. The van der Waals surface area contributed by atoms with Gasteiger partial charge in [0.25, 0.3) is 0 Å². The zero-order valence-electron chi connectivity index (χ0n) is 35.2. The Morgan fingerprint density at radius 3 is 1.81 bits per heavy atom. The molecule has 11 aromatic carbocycles. The Labute approximate surface area is 366 Å². The lowest BCUT2D eigenvalue weighted by Crippen LogP contribution is -2.16. The molecule has 12 aromatic rings. The topological polar surface area (TPSA) is 8.17 Å². The first kappa shape index (κ1) is 35.8. The van der Waals surface area contributed by atoms with Gasteiger partial charge < -0.3 is 9.47 Å². The second kappa shape index (κ2) is 13.5. The van der Waals surface area contributed by atoms with Gasteiger partial charge in [-0.1, -0.05) is 159 Å². The van der Waals surface area contributed by atoms with Crippen molar-refractivity contribution in [3.63, 3.8) is 0 Å². The average Bonchev–Trinajstić information content (AvgIpc) is 3.79. The average molecular weight is 803 g/mol. The fraction of sp³-hybridized carbons (Fsp3) is 0.0492. The summed E-state index contributed by atoms with van der Waals surface area (Å²) >= 11 is 0. The number of hydrogen-bond donors (Lipinski definition) is 0. The molecule has 0 atom stereocenters. The predicted octanol–water partition coefficient (Wildman–Crippen LogP) is 16.8. The highest BCUT2D eigenvalue weighted by Crippen LogP contribution is 2.54. The summed E-state index contributed by atoms with van der Waals surface area (Å²) in [5.41, 5.74) is 17.0. The van der Waals surface area contributed by atoms with Crippen molar-refractivity contribution in [2.45, 2.75) is 19.3 Å². The Balaban J connectivity index is 0.964. The van der Waals surface area contributed by atoms with Crippen LogP contribution in [-0.2, 0) is 5.41 Å². The van der Waals surface area contributed by atoms with Crippen molar-refractivity contribution >= 4 is 71.2 Å². The van der Waals surface area contributed by atoms with Crippen molar-refractivity contribution in [2.24, 2.45) is 0 Å². The van der Waals surface area contributed by atoms with Crippen LogP contribution in [0, 0.1) is 0 Å². The smallest absolute Gasteiger partial charge is 0.0543 e. The molecule has 296 valence electrons. The first-order chi connectivity index (χ1) is 31.0. The van der Waals surface area contributed by atoms with Crippen LogP contribution in [0.15, 0.2) is 218 Å². The Morgan fingerprint density at radius 2 is 1.00 bits per heavy atom. The van der Waals surface area contributed by atoms with E-state index in [-0.39, 0.29) is 5.41 Å². The largest absolute Gasteiger partial charge is 0.310 e. The monoisotopic (exact) mass is 802 g/mol. The highest BCUT2D eigenvalue weighted by Gasteiger charge is 2.37. The summed E-state index contributed by atoms with van der Waals surface area (Å²) in [6.07, 6.45) is 0. The first-order valence-corrected chi connectivity index (χ1v) is 22.0. The third-order valence-electron chi connectivity index (χ3n) is 13.9. The zero-order valence-corrected chi connectivity index (χ0v) is 35.2. The Kier molecular flexibility index (Phi) is 7.68. The first-order valence-electron chi connectivity index (χ1n) is 22.0. The van der Waals surface area contributed by atoms with Gasteiger partial charge in [0.15, 0.2) is 0 Å². The van der Waals surface area contributed by atoms with Crippen molar-refractivity contribution in [1.29, 1.82) is 0 Å².